The van der Waals surface area contributed by atoms with Crippen LogP contribution >= 0.6 is 0 Å². The molecule has 5 nitrogen and oxygen atoms in total. The zero-order valence-electron chi connectivity index (χ0n) is 11.2. The fourth-order valence-electron chi connectivity index (χ4n) is 1.67. The minimum absolute atomic E-state index is 0.0762. The van der Waals surface area contributed by atoms with Crippen molar-refractivity contribution in [3.05, 3.63) is 0 Å². The third-order valence-electron chi connectivity index (χ3n) is 3.12. The monoisotopic (exact) mass is 243 g/mol. The fourth-order valence-corrected chi connectivity index (χ4v) is 1.67. The lowest BCUT2D eigenvalue weighted by molar-refractivity contribution is 0.188. The number of ether oxygens (including phenoxy) is 1. The maximum atomic E-state index is 11.5. The van der Waals surface area contributed by atoms with E-state index in [4.69, 9.17) is 4.74 Å². The summed E-state index contributed by atoms with van der Waals surface area (Å²) >= 11 is 0. The van der Waals surface area contributed by atoms with Crippen molar-refractivity contribution in [1.82, 2.24) is 15.5 Å². The van der Waals surface area contributed by atoms with Crippen molar-refractivity contribution in [2.45, 2.75) is 38.8 Å². The molecule has 1 aliphatic rings. The number of hydrogen-bond donors (Lipinski definition) is 2. The molecule has 1 aliphatic heterocycles. The molecule has 5 heteroatoms. The molecular weight excluding hydrogens is 218 g/mol. The number of carbonyl (C=O) groups excluding carboxylic acids is 1. The zero-order chi connectivity index (χ0) is 12.7. The quantitative estimate of drug-likeness (QED) is 0.679. The Balaban J connectivity index is 2.00. The van der Waals surface area contributed by atoms with Crippen LogP contribution in [-0.2, 0) is 4.74 Å². The first-order valence-electron chi connectivity index (χ1n) is 6.42. The Hall–Kier alpha value is -0.810. The summed E-state index contributed by atoms with van der Waals surface area (Å²) in [7, 11) is 2.10. The van der Waals surface area contributed by atoms with Crippen LogP contribution in [-0.4, -0.2) is 56.4 Å². The highest BCUT2D eigenvalue weighted by Gasteiger charge is 2.17. The Bertz CT molecular complexity index is 228. The Morgan fingerprint density at radius 2 is 2.29 bits per heavy atom. The number of amides is 2. The molecule has 0 bridgehead atoms. The molecule has 0 aromatic heterocycles. The van der Waals surface area contributed by atoms with Crippen molar-refractivity contribution in [2.75, 3.05) is 33.4 Å². The number of nitrogens with one attached hydrogen (secondary N) is 2. The van der Waals surface area contributed by atoms with Crippen LogP contribution in [0.25, 0.3) is 0 Å². The van der Waals surface area contributed by atoms with Gasteiger partial charge in [0.25, 0.3) is 0 Å². The molecule has 0 aromatic carbocycles. The normalized spacial score (nSPS) is 19.9. The van der Waals surface area contributed by atoms with Crippen LogP contribution in [0, 0.1) is 0 Å². The molecule has 1 unspecified atom stereocenters. The van der Waals surface area contributed by atoms with Crippen molar-refractivity contribution >= 4 is 6.03 Å². The molecule has 1 atom stereocenters. The molecule has 0 spiro atoms. The van der Waals surface area contributed by atoms with E-state index in [0.29, 0.717) is 12.6 Å². The highest BCUT2D eigenvalue weighted by atomic mass is 16.5. The summed E-state index contributed by atoms with van der Waals surface area (Å²) in [4.78, 5) is 13.8. The largest absolute Gasteiger partial charge is 0.379 e. The van der Waals surface area contributed by atoms with E-state index < -0.39 is 0 Å². The van der Waals surface area contributed by atoms with Crippen LogP contribution in [0.2, 0.25) is 0 Å². The Morgan fingerprint density at radius 3 is 2.88 bits per heavy atom. The highest BCUT2D eigenvalue weighted by molar-refractivity contribution is 5.74. The minimum Gasteiger partial charge on any atom is -0.379 e. The highest BCUT2D eigenvalue weighted by Crippen LogP contribution is 2.02. The number of rotatable bonds is 6. The first kappa shape index (κ1) is 14.3. The van der Waals surface area contributed by atoms with Crippen LogP contribution in [0.15, 0.2) is 0 Å². The van der Waals surface area contributed by atoms with E-state index in [1.807, 2.05) is 0 Å². The standard InChI is InChI=1S/C12H25N3O2/c1-10(2)15(3)7-4-6-13-12(16)14-11-5-8-17-9-11/h10-11H,4-9H2,1-3H3,(H2,13,14,16). The van der Waals surface area contributed by atoms with Crippen LogP contribution in [0.1, 0.15) is 26.7 Å². The average Bonchev–Trinajstić information content (AvgIpc) is 2.76. The van der Waals surface area contributed by atoms with Gasteiger partial charge in [-0.25, -0.2) is 4.79 Å². The molecule has 1 saturated heterocycles. The van der Waals surface area contributed by atoms with Gasteiger partial charge in [-0.1, -0.05) is 0 Å². The number of urea groups is 1. The molecule has 0 saturated carbocycles. The van der Waals surface area contributed by atoms with Gasteiger partial charge in [-0.3, -0.25) is 0 Å². The molecule has 2 N–H and O–H groups in total. The Kier molecular flexibility index (Phi) is 6.29. The predicted molar refractivity (Wildman–Crippen MR) is 68.1 cm³/mol. The predicted octanol–water partition coefficient (Wildman–Crippen LogP) is 0.805. The summed E-state index contributed by atoms with van der Waals surface area (Å²) in [5.74, 6) is 0. The first-order chi connectivity index (χ1) is 8.09. The molecule has 17 heavy (non-hydrogen) atoms. The lowest BCUT2D eigenvalue weighted by Crippen LogP contribution is -2.43. The van der Waals surface area contributed by atoms with E-state index in [1.165, 1.54) is 0 Å². The lowest BCUT2D eigenvalue weighted by atomic mass is 10.3. The van der Waals surface area contributed by atoms with Crippen molar-refractivity contribution < 1.29 is 9.53 Å². The van der Waals surface area contributed by atoms with Gasteiger partial charge in [0.05, 0.1) is 12.6 Å². The third kappa shape index (κ3) is 5.89. The van der Waals surface area contributed by atoms with Gasteiger partial charge in [0, 0.05) is 19.2 Å². The summed E-state index contributed by atoms with van der Waals surface area (Å²) in [5.41, 5.74) is 0. The zero-order valence-corrected chi connectivity index (χ0v) is 11.2. The van der Waals surface area contributed by atoms with E-state index >= 15 is 0 Å². The maximum absolute atomic E-state index is 11.5. The van der Waals surface area contributed by atoms with E-state index in [1.54, 1.807) is 0 Å². The van der Waals surface area contributed by atoms with Crippen LogP contribution < -0.4 is 10.6 Å². The Labute approximate surface area is 104 Å². The van der Waals surface area contributed by atoms with Gasteiger partial charge in [-0.15, -0.1) is 0 Å². The third-order valence-corrected chi connectivity index (χ3v) is 3.12. The van der Waals surface area contributed by atoms with Gasteiger partial charge in [0.1, 0.15) is 0 Å². The summed E-state index contributed by atoms with van der Waals surface area (Å²) in [5, 5.41) is 5.77. The molecule has 1 heterocycles. The van der Waals surface area contributed by atoms with Crippen LogP contribution in [0.3, 0.4) is 0 Å². The lowest BCUT2D eigenvalue weighted by Gasteiger charge is -2.20. The molecule has 1 fully saturated rings. The molecular formula is C12H25N3O2. The molecule has 0 radical (unpaired) electrons. The van der Waals surface area contributed by atoms with E-state index in [0.717, 1.165) is 32.5 Å². The molecule has 2 amide bonds. The van der Waals surface area contributed by atoms with E-state index in [2.05, 4.69) is 36.4 Å². The topological polar surface area (TPSA) is 53.6 Å². The average molecular weight is 243 g/mol. The second-order valence-electron chi connectivity index (χ2n) is 4.89. The first-order valence-corrected chi connectivity index (χ1v) is 6.42. The smallest absolute Gasteiger partial charge is 0.315 e. The molecule has 1 rings (SSSR count). The van der Waals surface area contributed by atoms with Gasteiger partial charge >= 0.3 is 6.03 Å². The fraction of sp³-hybridized carbons (Fsp3) is 0.917. The summed E-state index contributed by atoms with van der Waals surface area (Å²) in [6, 6.07) is 0.667. The van der Waals surface area contributed by atoms with Crippen molar-refractivity contribution in [3.63, 3.8) is 0 Å². The maximum Gasteiger partial charge on any atom is 0.315 e. The summed E-state index contributed by atoms with van der Waals surface area (Å²) in [6.07, 6.45) is 1.90. The van der Waals surface area contributed by atoms with Crippen molar-refractivity contribution in [3.8, 4) is 0 Å². The van der Waals surface area contributed by atoms with Crippen LogP contribution in [0.5, 0.6) is 0 Å². The molecule has 0 aromatic rings. The van der Waals surface area contributed by atoms with Crippen molar-refractivity contribution in [1.29, 1.82) is 0 Å². The van der Waals surface area contributed by atoms with Crippen molar-refractivity contribution in [2.24, 2.45) is 0 Å². The summed E-state index contributed by atoms with van der Waals surface area (Å²) in [6.45, 7) is 7.45. The number of carbonyl (C=O) groups is 1. The summed E-state index contributed by atoms with van der Waals surface area (Å²) < 4.78 is 5.19. The SMILES string of the molecule is CC(C)N(C)CCCNC(=O)NC1CCOC1. The molecule has 100 valence electrons. The van der Waals surface area contributed by atoms with E-state index in [-0.39, 0.29) is 12.1 Å². The number of nitrogens with zero attached hydrogens (tertiary/aromatic N) is 1. The van der Waals surface area contributed by atoms with Gasteiger partial charge < -0.3 is 20.3 Å². The number of hydrogen-bond acceptors (Lipinski definition) is 3. The minimum atomic E-state index is -0.0762. The van der Waals surface area contributed by atoms with Gasteiger partial charge in [0.15, 0.2) is 0 Å². The van der Waals surface area contributed by atoms with Gasteiger partial charge in [-0.2, -0.15) is 0 Å². The van der Waals surface area contributed by atoms with Gasteiger partial charge in [-0.05, 0) is 40.3 Å². The van der Waals surface area contributed by atoms with E-state index in [9.17, 15) is 4.79 Å². The second-order valence-corrected chi connectivity index (χ2v) is 4.89. The van der Waals surface area contributed by atoms with Gasteiger partial charge in [0.2, 0.25) is 0 Å². The van der Waals surface area contributed by atoms with Crippen LogP contribution in [0.4, 0.5) is 4.79 Å². The second kappa shape index (κ2) is 7.50. The molecule has 0 aliphatic carbocycles. The Morgan fingerprint density at radius 1 is 1.53 bits per heavy atom.